The van der Waals surface area contributed by atoms with E-state index < -0.39 is 10.4 Å². The first-order valence-electron chi connectivity index (χ1n) is 4.78. The van der Waals surface area contributed by atoms with Crippen LogP contribution in [0.3, 0.4) is 0 Å². The number of nitrogens with zero attached hydrogens (tertiary/aromatic N) is 1. The van der Waals surface area contributed by atoms with Crippen LogP contribution >= 0.6 is 22.2 Å². The van der Waals surface area contributed by atoms with E-state index in [0.717, 1.165) is 12.6 Å². The van der Waals surface area contributed by atoms with E-state index in [1.165, 1.54) is 9.04 Å². The molecule has 1 heterocycles. The number of thiazole rings is 1. The highest BCUT2D eigenvalue weighted by Gasteiger charge is 2.16. The molecule has 100 valence electrons. The molecule has 5 nitrogen and oxygen atoms in total. The van der Waals surface area contributed by atoms with Crippen molar-refractivity contribution in [2.45, 2.75) is 4.34 Å². The molecule has 0 spiro atoms. The standard InChI is InChI=1S/C9H10NS2.CH4O4S/c1-11-9-10-7-5-3-4-6-8(7)12(9)2;1-5-6(2,3)4/h3-6H,1-2H3;1H3,(H,2,3,4)/q+1;/p-1. The Morgan fingerprint density at radius 2 is 1.94 bits per heavy atom. The topological polar surface area (TPSA) is 79.3 Å². The minimum atomic E-state index is -4.41. The van der Waals surface area contributed by atoms with Crippen LogP contribution in [0.2, 0.25) is 0 Å². The van der Waals surface area contributed by atoms with Gasteiger partial charge in [-0.2, -0.15) is 4.98 Å². The Hall–Kier alpha value is -0.670. The summed E-state index contributed by atoms with van der Waals surface area (Å²) in [5.41, 5.74) is 1.16. The number of benzene rings is 1. The quantitative estimate of drug-likeness (QED) is 0.367. The lowest BCUT2D eigenvalue weighted by molar-refractivity contribution is 0.314. The Kier molecular flexibility index (Phi) is 5.54. The molecule has 8 heteroatoms. The summed E-state index contributed by atoms with van der Waals surface area (Å²) in [5, 5.41) is 0. The molecule has 0 aliphatic rings. The summed E-state index contributed by atoms with van der Waals surface area (Å²) in [7, 11) is -3.38. The number of aryl methyl sites for hydroxylation is 1. The number of hydrogen-bond donors (Lipinski definition) is 0. The molecule has 1 aromatic carbocycles. The third kappa shape index (κ3) is 4.21. The lowest BCUT2D eigenvalue weighted by Gasteiger charge is -1.98. The second kappa shape index (κ2) is 6.48. The van der Waals surface area contributed by atoms with Gasteiger partial charge in [-0.3, -0.25) is 4.18 Å². The SMILES string of the molecule is COS(=O)(=O)[O-].CSc1nc2ccccc2[s+]1C. The van der Waals surface area contributed by atoms with E-state index in [4.69, 9.17) is 0 Å². The average molecular weight is 307 g/mol. The van der Waals surface area contributed by atoms with Crippen molar-refractivity contribution in [3.8, 4) is 0 Å². The molecule has 0 aliphatic heterocycles. The van der Waals surface area contributed by atoms with Crippen molar-refractivity contribution in [3.63, 3.8) is 0 Å². The van der Waals surface area contributed by atoms with E-state index in [1.54, 1.807) is 11.8 Å². The second-order valence-corrected chi connectivity index (χ2v) is 7.19. The number of aromatic nitrogens is 1. The fourth-order valence-electron chi connectivity index (χ4n) is 1.24. The third-order valence-electron chi connectivity index (χ3n) is 2.05. The van der Waals surface area contributed by atoms with Crippen LogP contribution in [0.25, 0.3) is 10.2 Å². The summed E-state index contributed by atoms with van der Waals surface area (Å²) < 4.78 is 33.7. The van der Waals surface area contributed by atoms with Gasteiger partial charge in [-0.05, 0) is 12.3 Å². The average Bonchev–Trinajstić information content (AvgIpc) is 2.67. The summed E-state index contributed by atoms with van der Waals surface area (Å²) in [5.74, 6) is 0. The van der Waals surface area contributed by atoms with Crippen LogP contribution in [-0.4, -0.2) is 31.3 Å². The third-order valence-corrected chi connectivity index (χ3v) is 5.77. The lowest BCUT2D eigenvalue weighted by atomic mass is 10.3. The van der Waals surface area contributed by atoms with Gasteiger partial charge >= 0.3 is 4.34 Å². The van der Waals surface area contributed by atoms with Crippen LogP contribution < -0.4 is 0 Å². The summed E-state index contributed by atoms with van der Waals surface area (Å²) in [6.07, 6.45) is 4.33. The molecule has 0 saturated heterocycles. The second-order valence-electron chi connectivity index (χ2n) is 3.13. The number of para-hydroxylation sites is 1. The summed E-state index contributed by atoms with van der Waals surface area (Å²) >= 11 is 1.76. The van der Waals surface area contributed by atoms with E-state index in [9.17, 15) is 13.0 Å². The van der Waals surface area contributed by atoms with Gasteiger partial charge in [-0.15, -0.1) is 0 Å². The van der Waals surface area contributed by atoms with Crippen molar-refractivity contribution in [3.05, 3.63) is 24.3 Å². The minimum Gasteiger partial charge on any atom is -0.726 e. The maximum absolute atomic E-state index is 9.22. The smallest absolute Gasteiger partial charge is 0.302 e. The van der Waals surface area contributed by atoms with Crippen molar-refractivity contribution in [1.29, 1.82) is 0 Å². The van der Waals surface area contributed by atoms with Gasteiger partial charge in [-0.1, -0.05) is 23.9 Å². The number of thioether (sulfide) groups is 1. The maximum atomic E-state index is 9.22. The Balaban J connectivity index is 0.000000232. The molecule has 0 radical (unpaired) electrons. The fraction of sp³-hybridized carbons (Fsp3) is 0.300. The van der Waals surface area contributed by atoms with E-state index in [-0.39, 0.29) is 10.5 Å². The highest BCUT2D eigenvalue weighted by atomic mass is 32.3. The minimum absolute atomic E-state index is 0.227. The first-order chi connectivity index (χ1) is 8.39. The Bertz CT molecular complexity index is 621. The van der Waals surface area contributed by atoms with Crippen LogP contribution in [0, 0.1) is 0 Å². The maximum Gasteiger partial charge on any atom is 0.302 e. The number of rotatable bonds is 2. The first kappa shape index (κ1) is 15.4. The highest BCUT2D eigenvalue weighted by Crippen LogP contribution is 2.36. The molecule has 0 fully saturated rings. The van der Waals surface area contributed by atoms with Crippen LogP contribution in [0.15, 0.2) is 28.6 Å². The van der Waals surface area contributed by atoms with Crippen LogP contribution in [-0.2, 0) is 20.8 Å². The predicted molar refractivity (Wildman–Crippen MR) is 73.7 cm³/mol. The molecule has 0 bridgehead atoms. The van der Waals surface area contributed by atoms with Crippen molar-refractivity contribution in [2.75, 3.05) is 13.4 Å². The lowest BCUT2D eigenvalue weighted by Crippen LogP contribution is -1.97. The summed E-state index contributed by atoms with van der Waals surface area (Å²) in [4.78, 5) is 4.54. The number of fused-ring (bicyclic) bond motifs is 1. The fourth-order valence-corrected chi connectivity index (χ4v) is 3.83. The van der Waals surface area contributed by atoms with Gasteiger partial charge in [0.1, 0.15) is 11.8 Å². The zero-order valence-corrected chi connectivity index (χ0v) is 12.6. The molecule has 0 amide bonds. The zero-order valence-electron chi connectivity index (χ0n) is 10.1. The van der Waals surface area contributed by atoms with Crippen LogP contribution in [0.5, 0.6) is 0 Å². The van der Waals surface area contributed by atoms with E-state index >= 15 is 0 Å². The number of hydrogen-bond acceptors (Lipinski definition) is 6. The van der Waals surface area contributed by atoms with Gasteiger partial charge in [-0.25, -0.2) is 8.42 Å². The molecule has 2 aromatic rings. The van der Waals surface area contributed by atoms with Gasteiger partial charge in [0.25, 0.3) is 0 Å². The Morgan fingerprint density at radius 3 is 2.39 bits per heavy atom. The van der Waals surface area contributed by atoms with Gasteiger partial charge < -0.3 is 4.55 Å². The largest absolute Gasteiger partial charge is 0.726 e. The van der Waals surface area contributed by atoms with Crippen LogP contribution in [0.1, 0.15) is 0 Å². The van der Waals surface area contributed by atoms with Gasteiger partial charge in [0.05, 0.1) is 7.11 Å². The molecular formula is C10H13NO4S3. The molecule has 0 N–H and O–H groups in total. The van der Waals surface area contributed by atoms with Crippen molar-refractivity contribution < 1.29 is 17.2 Å². The zero-order chi connectivity index (χ0) is 13.8. The molecule has 1 aromatic heterocycles. The Morgan fingerprint density at radius 1 is 1.39 bits per heavy atom. The first-order valence-corrected chi connectivity index (χ1v) is 8.97. The predicted octanol–water partition coefficient (Wildman–Crippen LogP) is 2.34. The van der Waals surface area contributed by atoms with Crippen molar-refractivity contribution >= 4 is 42.8 Å². The normalized spacial score (nSPS) is 12.1. The molecule has 18 heavy (non-hydrogen) atoms. The van der Waals surface area contributed by atoms with Crippen molar-refractivity contribution in [2.24, 2.45) is 6.26 Å². The molecule has 1 unspecified atom stereocenters. The monoisotopic (exact) mass is 307 g/mol. The summed E-state index contributed by atoms with van der Waals surface area (Å²) in [6.45, 7) is 0. The Labute approximate surface area is 113 Å². The van der Waals surface area contributed by atoms with Crippen LogP contribution in [0.4, 0.5) is 0 Å². The van der Waals surface area contributed by atoms with E-state index in [1.807, 2.05) is 6.07 Å². The van der Waals surface area contributed by atoms with Crippen molar-refractivity contribution in [1.82, 2.24) is 4.98 Å². The molecule has 1 atom stereocenters. The highest BCUT2D eigenvalue weighted by molar-refractivity contribution is 8.01. The van der Waals surface area contributed by atoms with Gasteiger partial charge in [0, 0.05) is 16.5 Å². The molecule has 2 rings (SSSR count). The molecule has 0 saturated carbocycles. The van der Waals surface area contributed by atoms with Gasteiger partial charge in [0.2, 0.25) is 15.1 Å². The van der Waals surface area contributed by atoms with E-state index in [2.05, 4.69) is 39.9 Å². The van der Waals surface area contributed by atoms with Gasteiger partial charge in [0.15, 0.2) is 0 Å². The van der Waals surface area contributed by atoms with E-state index in [0.29, 0.717) is 0 Å². The summed E-state index contributed by atoms with van der Waals surface area (Å²) in [6, 6.07) is 8.39. The molecule has 0 aliphatic carbocycles. The molecular weight excluding hydrogens is 294 g/mol.